The second-order valence-corrected chi connectivity index (χ2v) is 5.00. The number of nitrogens with one attached hydrogen (secondary N) is 1. The first-order valence-electron chi connectivity index (χ1n) is 7.15. The molecule has 0 unspecified atom stereocenters. The average Bonchev–Trinajstić information content (AvgIpc) is 2.98. The largest absolute Gasteiger partial charge is 0.465 e. The summed E-state index contributed by atoms with van der Waals surface area (Å²) in [4.78, 5) is 10.5. The highest BCUT2D eigenvalue weighted by atomic mass is 16.5. The van der Waals surface area contributed by atoms with Crippen LogP contribution >= 0.6 is 0 Å². The summed E-state index contributed by atoms with van der Waals surface area (Å²) in [5.74, 6) is 2.83. The number of ether oxygens (including phenoxy) is 1. The Kier molecular flexibility index (Phi) is 4.21. The Morgan fingerprint density at radius 3 is 2.82 bits per heavy atom. The van der Waals surface area contributed by atoms with Gasteiger partial charge >= 0.3 is 0 Å². The van der Waals surface area contributed by atoms with E-state index in [1.807, 2.05) is 24.0 Å². The summed E-state index contributed by atoms with van der Waals surface area (Å²) >= 11 is 0. The number of morpholine rings is 1. The molecule has 3 rings (SSSR count). The second kappa shape index (κ2) is 6.45. The number of nitrogens with zero attached hydrogens (tertiary/aromatic N) is 4. The van der Waals surface area contributed by atoms with Crippen LogP contribution in [0.3, 0.4) is 0 Å². The summed E-state index contributed by atoms with van der Waals surface area (Å²) in [5.41, 5.74) is 0.452. The lowest BCUT2D eigenvalue weighted by atomic mass is 10.2. The molecule has 0 spiro atoms. The first-order valence-corrected chi connectivity index (χ1v) is 7.15. The van der Waals surface area contributed by atoms with E-state index in [1.165, 1.54) is 6.33 Å². The van der Waals surface area contributed by atoms with Crippen LogP contribution in [0.15, 0.2) is 22.9 Å². The Hall–Kier alpha value is -2.59. The Bertz CT molecular complexity index is 685. The molecular formula is C15H17N5O2. The number of anilines is 2. The summed E-state index contributed by atoms with van der Waals surface area (Å²) < 4.78 is 10.8. The van der Waals surface area contributed by atoms with Gasteiger partial charge in [0.05, 0.1) is 19.8 Å². The molecular weight excluding hydrogens is 282 g/mol. The SMILES string of the molecule is Cc1ccc(CNc2ncnc(N3CCOCC3)c2C#N)o1. The highest BCUT2D eigenvalue weighted by Gasteiger charge is 2.19. The van der Waals surface area contributed by atoms with Gasteiger partial charge in [-0.3, -0.25) is 0 Å². The maximum atomic E-state index is 9.48. The van der Waals surface area contributed by atoms with Crippen molar-refractivity contribution in [2.75, 3.05) is 36.5 Å². The summed E-state index contributed by atoms with van der Waals surface area (Å²) in [6, 6.07) is 6.01. The van der Waals surface area contributed by atoms with Gasteiger partial charge in [0.25, 0.3) is 0 Å². The Labute approximate surface area is 128 Å². The number of nitriles is 1. The third-order valence-corrected chi connectivity index (χ3v) is 3.48. The van der Waals surface area contributed by atoms with E-state index in [2.05, 4.69) is 21.4 Å². The predicted octanol–water partition coefficient (Wildman–Crippen LogP) is 1.70. The van der Waals surface area contributed by atoms with E-state index < -0.39 is 0 Å². The van der Waals surface area contributed by atoms with Gasteiger partial charge in [0.15, 0.2) is 5.82 Å². The van der Waals surface area contributed by atoms with Crippen LogP contribution in [-0.2, 0) is 11.3 Å². The molecule has 1 fully saturated rings. The molecule has 1 aliphatic rings. The standard InChI is InChI=1S/C15H17N5O2/c1-11-2-3-12(22-11)9-17-14-13(8-16)15(19-10-18-14)20-4-6-21-7-5-20/h2-3,10H,4-7,9H2,1H3,(H,17,18,19). The van der Waals surface area contributed by atoms with Crippen LogP contribution in [0.25, 0.3) is 0 Å². The van der Waals surface area contributed by atoms with E-state index in [1.54, 1.807) is 0 Å². The molecule has 0 saturated carbocycles. The van der Waals surface area contributed by atoms with Gasteiger partial charge in [-0.2, -0.15) is 5.26 Å². The molecule has 0 radical (unpaired) electrons. The van der Waals surface area contributed by atoms with Crippen LogP contribution in [0.1, 0.15) is 17.1 Å². The molecule has 22 heavy (non-hydrogen) atoms. The first kappa shape index (κ1) is 14.4. The lowest BCUT2D eigenvalue weighted by Crippen LogP contribution is -2.37. The summed E-state index contributed by atoms with van der Waals surface area (Å²) in [5, 5.41) is 12.6. The van der Waals surface area contributed by atoms with E-state index in [9.17, 15) is 5.26 Å². The number of hydrogen-bond acceptors (Lipinski definition) is 7. The van der Waals surface area contributed by atoms with Crippen LogP contribution in [0.4, 0.5) is 11.6 Å². The number of aromatic nitrogens is 2. The molecule has 1 aliphatic heterocycles. The number of rotatable bonds is 4. The second-order valence-electron chi connectivity index (χ2n) is 5.00. The molecule has 3 heterocycles. The molecule has 114 valence electrons. The van der Waals surface area contributed by atoms with Crippen molar-refractivity contribution in [2.24, 2.45) is 0 Å². The van der Waals surface area contributed by atoms with Gasteiger partial charge in [-0.25, -0.2) is 9.97 Å². The number of hydrogen-bond donors (Lipinski definition) is 1. The molecule has 0 aliphatic carbocycles. The normalized spacial score (nSPS) is 14.6. The van der Waals surface area contributed by atoms with Crippen molar-refractivity contribution in [1.29, 1.82) is 5.26 Å². The Morgan fingerprint density at radius 1 is 1.32 bits per heavy atom. The zero-order chi connectivity index (χ0) is 15.4. The average molecular weight is 299 g/mol. The van der Waals surface area contributed by atoms with Crippen LogP contribution in [0.5, 0.6) is 0 Å². The van der Waals surface area contributed by atoms with Gasteiger partial charge in [0.1, 0.15) is 35.3 Å². The van der Waals surface area contributed by atoms with Crippen LogP contribution < -0.4 is 10.2 Å². The first-order chi connectivity index (χ1) is 10.8. The quantitative estimate of drug-likeness (QED) is 0.919. The summed E-state index contributed by atoms with van der Waals surface area (Å²) in [6.45, 7) is 5.10. The fourth-order valence-electron chi connectivity index (χ4n) is 2.38. The molecule has 7 heteroatoms. The molecule has 0 aromatic carbocycles. The van der Waals surface area contributed by atoms with Crippen LogP contribution in [-0.4, -0.2) is 36.3 Å². The van der Waals surface area contributed by atoms with Crippen molar-refractivity contribution in [3.8, 4) is 6.07 Å². The Morgan fingerprint density at radius 2 is 2.14 bits per heavy atom. The van der Waals surface area contributed by atoms with Gasteiger partial charge in [-0.15, -0.1) is 0 Å². The lowest BCUT2D eigenvalue weighted by molar-refractivity contribution is 0.122. The third-order valence-electron chi connectivity index (χ3n) is 3.48. The van der Waals surface area contributed by atoms with Gasteiger partial charge in [-0.1, -0.05) is 0 Å². The van der Waals surface area contributed by atoms with Crippen LogP contribution in [0.2, 0.25) is 0 Å². The van der Waals surface area contributed by atoms with E-state index >= 15 is 0 Å². The molecule has 0 bridgehead atoms. The maximum Gasteiger partial charge on any atom is 0.152 e. The van der Waals surface area contributed by atoms with E-state index in [0.29, 0.717) is 37.0 Å². The minimum atomic E-state index is 0.452. The predicted molar refractivity (Wildman–Crippen MR) is 80.6 cm³/mol. The van der Waals surface area contributed by atoms with Gasteiger partial charge in [-0.05, 0) is 19.1 Å². The van der Waals surface area contributed by atoms with Crippen molar-refractivity contribution in [2.45, 2.75) is 13.5 Å². The summed E-state index contributed by atoms with van der Waals surface area (Å²) in [6.07, 6.45) is 1.47. The van der Waals surface area contributed by atoms with Crippen molar-refractivity contribution in [3.63, 3.8) is 0 Å². The van der Waals surface area contributed by atoms with Crippen molar-refractivity contribution < 1.29 is 9.15 Å². The molecule has 1 N–H and O–H groups in total. The zero-order valence-corrected chi connectivity index (χ0v) is 12.4. The number of aryl methyl sites for hydroxylation is 1. The fourth-order valence-corrected chi connectivity index (χ4v) is 2.38. The number of furan rings is 1. The van der Waals surface area contributed by atoms with E-state index in [0.717, 1.165) is 24.6 Å². The minimum absolute atomic E-state index is 0.452. The van der Waals surface area contributed by atoms with Crippen LogP contribution in [0, 0.1) is 18.3 Å². The highest BCUT2D eigenvalue weighted by molar-refractivity contribution is 5.65. The van der Waals surface area contributed by atoms with Crippen molar-refractivity contribution >= 4 is 11.6 Å². The Balaban J connectivity index is 1.80. The van der Waals surface area contributed by atoms with E-state index in [4.69, 9.17) is 9.15 Å². The maximum absolute atomic E-state index is 9.48. The zero-order valence-electron chi connectivity index (χ0n) is 12.4. The molecule has 2 aromatic heterocycles. The molecule has 0 amide bonds. The fraction of sp³-hybridized carbons (Fsp3) is 0.400. The topological polar surface area (TPSA) is 87.2 Å². The van der Waals surface area contributed by atoms with E-state index in [-0.39, 0.29) is 0 Å². The molecule has 2 aromatic rings. The lowest BCUT2D eigenvalue weighted by Gasteiger charge is -2.28. The van der Waals surface area contributed by atoms with Crippen molar-refractivity contribution in [3.05, 3.63) is 35.5 Å². The smallest absolute Gasteiger partial charge is 0.152 e. The summed E-state index contributed by atoms with van der Waals surface area (Å²) in [7, 11) is 0. The molecule has 7 nitrogen and oxygen atoms in total. The monoisotopic (exact) mass is 299 g/mol. The van der Waals surface area contributed by atoms with Gasteiger partial charge in [0, 0.05) is 13.1 Å². The highest BCUT2D eigenvalue weighted by Crippen LogP contribution is 2.23. The third kappa shape index (κ3) is 3.02. The molecule has 1 saturated heterocycles. The minimum Gasteiger partial charge on any atom is -0.465 e. The van der Waals surface area contributed by atoms with Gasteiger partial charge < -0.3 is 19.4 Å². The van der Waals surface area contributed by atoms with Gasteiger partial charge in [0.2, 0.25) is 0 Å². The van der Waals surface area contributed by atoms with Crippen molar-refractivity contribution in [1.82, 2.24) is 9.97 Å². The molecule has 0 atom stereocenters.